The lowest BCUT2D eigenvalue weighted by molar-refractivity contribution is -0.143. The van der Waals surface area contributed by atoms with Crippen LogP contribution in [0.4, 0.5) is 5.13 Å². The Morgan fingerprint density at radius 2 is 1.57 bits per heavy atom. The molecule has 6 nitrogen and oxygen atoms in total. The fourth-order valence-electron chi connectivity index (χ4n) is 5.68. The molecule has 2 aromatic carbocycles. The van der Waals surface area contributed by atoms with Crippen molar-refractivity contribution >= 4 is 34.2 Å². The molecule has 35 heavy (non-hydrogen) atoms. The fourth-order valence-corrected chi connectivity index (χ4v) is 6.56. The molecular formula is C28H25N3O3S. The molecule has 3 aliphatic rings. The molecule has 4 atom stereocenters. The Bertz CT molecular complexity index is 1270. The maximum Gasteiger partial charge on any atom is 0.248 e. The van der Waals surface area contributed by atoms with E-state index in [1.54, 1.807) is 4.90 Å². The smallest absolute Gasteiger partial charge is 0.248 e. The number of anilines is 1. The Hall–Kier alpha value is -3.58. The van der Waals surface area contributed by atoms with Gasteiger partial charge < -0.3 is 0 Å². The Kier molecular flexibility index (Phi) is 5.57. The minimum absolute atomic E-state index is 0.128. The third kappa shape index (κ3) is 3.90. The number of allylic oxidation sites excluding steroid dienone is 2. The van der Waals surface area contributed by atoms with Crippen molar-refractivity contribution in [1.29, 1.82) is 0 Å². The van der Waals surface area contributed by atoms with Crippen LogP contribution in [0.15, 0.2) is 78.2 Å². The number of hydrogen-bond donors (Lipinski definition) is 0. The number of carbonyl (C=O) groups excluding carboxylic acids is 3. The molecule has 4 unspecified atom stereocenters. The van der Waals surface area contributed by atoms with Gasteiger partial charge in [0.05, 0.1) is 17.5 Å². The van der Waals surface area contributed by atoms with E-state index in [0.29, 0.717) is 18.1 Å². The van der Waals surface area contributed by atoms with E-state index in [2.05, 4.69) is 12.2 Å². The third-order valence-electron chi connectivity index (χ3n) is 7.42. The van der Waals surface area contributed by atoms with Gasteiger partial charge in [-0.25, -0.2) is 4.98 Å². The standard InChI is InChI=1S/C28H25N3O3S/c32-23(16-31-26(33)24-20-11-12-21(15-20)25(24)27(31)34)30(14-13-18-7-3-1-4-8-18)28-29-22(17-35-28)19-9-5-2-6-10-19/h1-12,17,20-21,24-25H,13-16H2. The van der Waals surface area contributed by atoms with E-state index in [1.807, 2.05) is 66.0 Å². The van der Waals surface area contributed by atoms with E-state index >= 15 is 0 Å². The van der Waals surface area contributed by atoms with E-state index in [4.69, 9.17) is 4.98 Å². The van der Waals surface area contributed by atoms with Gasteiger partial charge in [0, 0.05) is 17.5 Å². The fraction of sp³-hybridized carbons (Fsp3) is 0.286. The summed E-state index contributed by atoms with van der Waals surface area (Å²) in [7, 11) is 0. The van der Waals surface area contributed by atoms with Crippen LogP contribution in [0.1, 0.15) is 12.0 Å². The van der Waals surface area contributed by atoms with Crippen LogP contribution in [0.5, 0.6) is 0 Å². The van der Waals surface area contributed by atoms with Gasteiger partial charge in [0.15, 0.2) is 5.13 Å². The number of fused-ring (bicyclic) bond motifs is 5. The second-order valence-corrected chi connectivity index (χ2v) is 10.3. The predicted octanol–water partition coefficient (Wildman–Crippen LogP) is 4.19. The lowest BCUT2D eigenvalue weighted by atomic mass is 9.85. The molecule has 1 saturated heterocycles. The summed E-state index contributed by atoms with van der Waals surface area (Å²) >= 11 is 1.40. The van der Waals surface area contributed by atoms with Crippen LogP contribution in [-0.4, -0.2) is 40.7 Å². The SMILES string of the molecule is O=C1C2C3C=CC(C3)C2C(=O)N1CC(=O)N(CCc1ccccc1)c1nc(-c2ccccc2)cs1. The molecule has 7 heteroatoms. The van der Waals surface area contributed by atoms with Crippen molar-refractivity contribution in [3.8, 4) is 11.3 Å². The molecule has 1 aromatic heterocycles. The molecule has 2 bridgehead atoms. The van der Waals surface area contributed by atoms with Crippen molar-refractivity contribution in [2.45, 2.75) is 12.8 Å². The van der Waals surface area contributed by atoms with E-state index in [0.717, 1.165) is 23.2 Å². The zero-order chi connectivity index (χ0) is 23.9. The minimum atomic E-state index is -0.299. The maximum atomic E-state index is 13.6. The van der Waals surface area contributed by atoms with Gasteiger partial charge >= 0.3 is 0 Å². The average Bonchev–Trinajstić information content (AvgIpc) is 3.67. The molecule has 176 valence electrons. The maximum absolute atomic E-state index is 13.6. The number of hydrogen-bond acceptors (Lipinski definition) is 5. The number of imide groups is 1. The van der Waals surface area contributed by atoms with Crippen LogP contribution >= 0.6 is 11.3 Å². The molecule has 2 heterocycles. The van der Waals surface area contributed by atoms with Gasteiger partial charge in [0.2, 0.25) is 17.7 Å². The van der Waals surface area contributed by atoms with E-state index in [-0.39, 0.29) is 47.9 Å². The zero-order valence-corrected chi connectivity index (χ0v) is 19.9. The Morgan fingerprint density at radius 1 is 0.943 bits per heavy atom. The molecule has 6 rings (SSSR count). The number of thiazole rings is 1. The topological polar surface area (TPSA) is 70.6 Å². The van der Waals surface area contributed by atoms with Crippen molar-refractivity contribution in [1.82, 2.24) is 9.88 Å². The number of amides is 3. The summed E-state index contributed by atoms with van der Waals surface area (Å²) in [6.45, 7) is 0.180. The average molecular weight is 484 g/mol. The summed E-state index contributed by atoms with van der Waals surface area (Å²) < 4.78 is 0. The molecular weight excluding hydrogens is 458 g/mol. The van der Waals surface area contributed by atoms with Gasteiger partial charge in [-0.05, 0) is 30.2 Å². The number of benzene rings is 2. The lowest BCUT2D eigenvalue weighted by Crippen LogP contribution is -2.44. The van der Waals surface area contributed by atoms with Crippen molar-refractivity contribution in [3.63, 3.8) is 0 Å². The van der Waals surface area contributed by atoms with E-state index < -0.39 is 0 Å². The van der Waals surface area contributed by atoms with Gasteiger partial charge in [-0.2, -0.15) is 0 Å². The number of rotatable bonds is 7. The number of carbonyl (C=O) groups is 3. The first-order chi connectivity index (χ1) is 17.1. The molecule has 1 saturated carbocycles. The number of aromatic nitrogens is 1. The minimum Gasteiger partial charge on any atom is -0.286 e. The Balaban J connectivity index is 1.24. The number of nitrogens with zero attached hydrogens (tertiary/aromatic N) is 3. The van der Waals surface area contributed by atoms with Crippen molar-refractivity contribution in [2.75, 3.05) is 18.0 Å². The first-order valence-corrected chi connectivity index (χ1v) is 12.9. The van der Waals surface area contributed by atoms with Gasteiger partial charge in [0.25, 0.3) is 0 Å². The van der Waals surface area contributed by atoms with Gasteiger partial charge in [-0.1, -0.05) is 72.8 Å². The molecule has 2 fully saturated rings. The quantitative estimate of drug-likeness (QED) is 0.373. The zero-order valence-electron chi connectivity index (χ0n) is 19.1. The second-order valence-electron chi connectivity index (χ2n) is 9.42. The molecule has 3 aromatic rings. The van der Waals surface area contributed by atoms with Crippen molar-refractivity contribution in [3.05, 3.63) is 83.8 Å². The van der Waals surface area contributed by atoms with Crippen LogP contribution in [0.3, 0.4) is 0 Å². The van der Waals surface area contributed by atoms with Crippen LogP contribution in [0.2, 0.25) is 0 Å². The summed E-state index contributed by atoms with van der Waals surface area (Å²) in [6, 6.07) is 19.8. The highest BCUT2D eigenvalue weighted by atomic mass is 32.1. The second kappa shape index (κ2) is 8.89. The highest BCUT2D eigenvalue weighted by Gasteiger charge is 2.59. The number of likely N-dealkylation sites (tertiary alicyclic amines) is 1. The van der Waals surface area contributed by atoms with Crippen LogP contribution in [0.25, 0.3) is 11.3 Å². The summed E-state index contributed by atoms with van der Waals surface area (Å²) in [5.41, 5.74) is 2.88. The summed E-state index contributed by atoms with van der Waals surface area (Å²) in [6.07, 6.45) is 5.65. The highest BCUT2D eigenvalue weighted by molar-refractivity contribution is 7.14. The molecule has 0 spiro atoms. The first kappa shape index (κ1) is 21.9. The van der Waals surface area contributed by atoms with Gasteiger partial charge in [-0.3, -0.25) is 24.2 Å². The molecule has 2 aliphatic carbocycles. The summed E-state index contributed by atoms with van der Waals surface area (Å²) in [5, 5.41) is 2.51. The summed E-state index contributed by atoms with van der Waals surface area (Å²) in [4.78, 5) is 47.4. The first-order valence-electron chi connectivity index (χ1n) is 12.0. The molecule has 0 N–H and O–H groups in total. The molecule has 0 radical (unpaired) electrons. The normalized spacial score (nSPS) is 24.3. The van der Waals surface area contributed by atoms with Crippen molar-refractivity contribution in [2.24, 2.45) is 23.7 Å². The van der Waals surface area contributed by atoms with Crippen LogP contribution < -0.4 is 4.90 Å². The van der Waals surface area contributed by atoms with Crippen molar-refractivity contribution < 1.29 is 14.4 Å². The third-order valence-corrected chi connectivity index (χ3v) is 8.28. The van der Waals surface area contributed by atoms with Gasteiger partial charge in [-0.15, -0.1) is 11.3 Å². The highest BCUT2D eigenvalue weighted by Crippen LogP contribution is 2.52. The Labute approximate surface area is 207 Å². The Morgan fingerprint density at radius 3 is 2.23 bits per heavy atom. The molecule has 1 aliphatic heterocycles. The van der Waals surface area contributed by atoms with E-state index in [9.17, 15) is 14.4 Å². The van der Waals surface area contributed by atoms with Crippen LogP contribution in [0, 0.1) is 23.7 Å². The summed E-state index contributed by atoms with van der Waals surface area (Å²) in [5.74, 6) is -1.02. The van der Waals surface area contributed by atoms with E-state index in [1.165, 1.54) is 16.2 Å². The predicted molar refractivity (Wildman–Crippen MR) is 134 cm³/mol. The largest absolute Gasteiger partial charge is 0.286 e. The van der Waals surface area contributed by atoms with Crippen LogP contribution in [-0.2, 0) is 20.8 Å². The lowest BCUT2D eigenvalue weighted by Gasteiger charge is -2.23. The monoisotopic (exact) mass is 483 g/mol. The van der Waals surface area contributed by atoms with Gasteiger partial charge in [0.1, 0.15) is 6.54 Å². The molecule has 3 amide bonds.